The van der Waals surface area contributed by atoms with E-state index in [2.05, 4.69) is 47.3 Å². The van der Waals surface area contributed by atoms with Crippen molar-refractivity contribution in [1.29, 1.82) is 0 Å². The largest absolute Gasteiger partial charge is 0.238 e. The highest BCUT2D eigenvalue weighted by Crippen LogP contribution is 2.61. The molecule has 4 saturated carbocycles. The lowest BCUT2D eigenvalue weighted by atomic mass is 9.48. The number of hydrogen-bond donors (Lipinski definition) is 0. The molecule has 1 heterocycles. The van der Waals surface area contributed by atoms with E-state index in [-0.39, 0.29) is 0 Å². The molecule has 204 valence electrons. The lowest BCUT2D eigenvalue weighted by Gasteiger charge is -2.57. The first-order chi connectivity index (χ1) is 20.7. The van der Waals surface area contributed by atoms with Crippen LogP contribution in [0.25, 0.3) is 50.1 Å². The van der Waals surface area contributed by atoms with Crippen LogP contribution in [0.2, 0.25) is 0 Å². The zero-order valence-electron chi connectivity index (χ0n) is 23.6. The Bertz CT molecular complexity index is 1710. The molecule has 4 heteroatoms. The molecule has 0 aliphatic heterocycles. The van der Waals surface area contributed by atoms with E-state index in [1.165, 1.54) is 44.1 Å². The Morgan fingerprint density at radius 2 is 1.00 bits per heavy atom. The number of nitrogens with zero attached hydrogens (tertiary/aromatic N) is 4. The van der Waals surface area contributed by atoms with Crippen molar-refractivity contribution in [3.05, 3.63) is 120 Å². The highest BCUT2D eigenvalue weighted by atomic mass is 15.0. The second-order valence-corrected chi connectivity index (χ2v) is 12.7. The molecule has 9 rings (SSSR count). The molecule has 42 heavy (non-hydrogen) atoms. The Balaban J connectivity index is 1.17. The van der Waals surface area contributed by atoms with Gasteiger partial charge in [-0.2, -0.15) is 0 Å². The summed E-state index contributed by atoms with van der Waals surface area (Å²) in [6.45, 7) is 7.91. The van der Waals surface area contributed by atoms with E-state index in [1.54, 1.807) is 0 Å². The van der Waals surface area contributed by atoms with Gasteiger partial charge in [-0.3, -0.25) is 0 Å². The summed E-state index contributed by atoms with van der Waals surface area (Å²) in [5.74, 6) is 4.62. The summed E-state index contributed by atoms with van der Waals surface area (Å²) in [4.78, 5) is 18.5. The van der Waals surface area contributed by atoms with Gasteiger partial charge in [0.2, 0.25) is 0 Å². The van der Waals surface area contributed by atoms with Gasteiger partial charge in [-0.1, -0.05) is 103 Å². The first kappa shape index (κ1) is 25.1. The molecule has 0 N–H and O–H groups in total. The van der Waals surface area contributed by atoms with Crippen molar-refractivity contribution in [3.8, 4) is 45.3 Å². The van der Waals surface area contributed by atoms with Gasteiger partial charge in [-0.15, -0.1) is 0 Å². The van der Waals surface area contributed by atoms with Gasteiger partial charge in [0.1, 0.15) is 0 Å². The van der Waals surface area contributed by atoms with E-state index in [0.29, 0.717) is 28.6 Å². The number of aromatic nitrogens is 3. The zero-order chi connectivity index (χ0) is 28.1. The highest BCUT2D eigenvalue weighted by Gasteiger charge is 2.51. The van der Waals surface area contributed by atoms with E-state index < -0.39 is 0 Å². The molecular weight excluding hydrogens is 512 g/mol. The summed E-state index contributed by atoms with van der Waals surface area (Å²) < 4.78 is 0. The maximum atomic E-state index is 7.91. The number of hydrogen-bond acceptors (Lipinski definition) is 3. The van der Waals surface area contributed by atoms with Crippen molar-refractivity contribution in [2.75, 3.05) is 0 Å². The average Bonchev–Trinajstić information content (AvgIpc) is 3.04. The summed E-state index contributed by atoms with van der Waals surface area (Å²) in [6.07, 6.45) is 8.26. The fourth-order valence-corrected chi connectivity index (χ4v) is 8.40. The standard InChI is InChI=1S/C38H32N4/c1-39-34-17-16-32(38-22-25-18-26(23-38)20-27(19-25)24-38)21-33(34)28-12-14-31(15-13-28)37-41-35(29-8-4-2-5-9-29)40-36(42-37)30-10-6-3-7-11-30/h2-17,21,25-27H,18-20,22-24H2. The van der Waals surface area contributed by atoms with Gasteiger partial charge in [-0.05, 0) is 78.4 Å². The Kier molecular flexibility index (Phi) is 6.00. The van der Waals surface area contributed by atoms with Crippen LogP contribution in [-0.2, 0) is 5.41 Å². The third kappa shape index (κ3) is 4.41. The molecule has 4 nitrogen and oxygen atoms in total. The molecule has 0 amide bonds. The van der Waals surface area contributed by atoms with Crippen molar-refractivity contribution in [2.45, 2.75) is 43.9 Å². The Hall–Kier alpha value is -4.62. The molecule has 0 radical (unpaired) electrons. The molecule has 0 spiro atoms. The summed E-state index contributed by atoms with van der Waals surface area (Å²) in [7, 11) is 0. The zero-order valence-corrected chi connectivity index (χ0v) is 23.6. The van der Waals surface area contributed by atoms with Gasteiger partial charge in [0.15, 0.2) is 23.2 Å². The molecule has 4 aliphatic rings. The third-order valence-corrected chi connectivity index (χ3v) is 9.92. The topological polar surface area (TPSA) is 43.0 Å². The van der Waals surface area contributed by atoms with E-state index in [0.717, 1.165) is 45.6 Å². The summed E-state index contributed by atoms with van der Waals surface area (Å²) in [5, 5.41) is 0. The second kappa shape index (κ2) is 10.0. The molecule has 1 aromatic heterocycles. The molecule has 5 aromatic rings. The quantitative estimate of drug-likeness (QED) is 0.207. The van der Waals surface area contributed by atoms with E-state index in [1.807, 2.05) is 60.7 Å². The molecule has 4 fully saturated rings. The fraction of sp³-hybridized carbons (Fsp3) is 0.263. The van der Waals surface area contributed by atoms with Crippen LogP contribution >= 0.6 is 0 Å². The van der Waals surface area contributed by atoms with Crippen molar-refractivity contribution in [2.24, 2.45) is 17.8 Å². The van der Waals surface area contributed by atoms with Crippen LogP contribution in [-0.4, -0.2) is 15.0 Å². The number of benzene rings is 4. The maximum Gasteiger partial charge on any atom is 0.194 e. The normalized spacial score (nSPS) is 23.9. The molecule has 4 bridgehead atoms. The molecule has 4 aliphatic carbocycles. The van der Waals surface area contributed by atoms with Crippen LogP contribution in [0.1, 0.15) is 44.1 Å². The first-order valence-corrected chi connectivity index (χ1v) is 15.2. The summed E-state index contributed by atoms with van der Waals surface area (Å²) in [5.41, 5.74) is 7.41. The lowest BCUT2D eigenvalue weighted by Crippen LogP contribution is -2.48. The van der Waals surface area contributed by atoms with Crippen molar-refractivity contribution in [3.63, 3.8) is 0 Å². The predicted octanol–water partition coefficient (Wildman–Crippen LogP) is 9.56. The van der Waals surface area contributed by atoms with Gasteiger partial charge in [0.25, 0.3) is 0 Å². The molecule has 4 aromatic carbocycles. The van der Waals surface area contributed by atoms with Crippen LogP contribution < -0.4 is 0 Å². The summed E-state index contributed by atoms with van der Waals surface area (Å²) >= 11 is 0. The summed E-state index contributed by atoms with van der Waals surface area (Å²) in [6, 6.07) is 35.2. The lowest BCUT2D eigenvalue weighted by molar-refractivity contribution is -0.00516. The van der Waals surface area contributed by atoms with Crippen LogP contribution in [0.15, 0.2) is 103 Å². The first-order valence-electron chi connectivity index (χ1n) is 15.2. The van der Waals surface area contributed by atoms with E-state index >= 15 is 0 Å². The Morgan fingerprint density at radius 3 is 1.48 bits per heavy atom. The van der Waals surface area contributed by atoms with Crippen molar-refractivity contribution < 1.29 is 0 Å². The van der Waals surface area contributed by atoms with Crippen LogP contribution in [0.5, 0.6) is 0 Å². The van der Waals surface area contributed by atoms with E-state index in [9.17, 15) is 0 Å². The molecule has 0 unspecified atom stereocenters. The van der Waals surface area contributed by atoms with Gasteiger partial charge in [0, 0.05) is 16.7 Å². The van der Waals surface area contributed by atoms with Crippen LogP contribution in [0.3, 0.4) is 0 Å². The van der Waals surface area contributed by atoms with Gasteiger partial charge in [-0.25, -0.2) is 19.8 Å². The fourth-order valence-electron chi connectivity index (χ4n) is 8.40. The highest BCUT2D eigenvalue weighted by molar-refractivity contribution is 5.80. The van der Waals surface area contributed by atoms with Crippen LogP contribution in [0.4, 0.5) is 5.69 Å². The molecule has 0 atom stereocenters. The molecule has 0 saturated heterocycles. The smallest absolute Gasteiger partial charge is 0.194 e. The minimum atomic E-state index is 0.302. The minimum absolute atomic E-state index is 0.302. The predicted molar refractivity (Wildman–Crippen MR) is 168 cm³/mol. The van der Waals surface area contributed by atoms with Crippen molar-refractivity contribution >= 4 is 5.69 Å². The molecular formula is C38H32N4. The second-order valence-electron chi connectivity index (χ2n) is 12.7. The minimum Gasteiger partial charge on any atom is -0.238 e. The Labute approximate surface area is 247 Å². The third-order valence-electron chi connectivity index (χ3n) is 9.92. The van der Waals surface area contributed by atoms with E-state index in [4.69, 9.17) is 21.5 Å². The SMILES string of the molecule is [C-]#[N+]c1ccc(C23CC4CC(CC(C4)C2)C3)cc1-c1ccc(-c2nc(-c3ccccc3)nc(-c3ccccc3)n2)cc1. The Morgan fingerprint density at radius 1 is 0.548 bits per heavy atom. The van der Waals surface area contributed by atoms with Crippen molar-refractivity contribution in [1.82, 2.24) is 15.0 Å². The van der Waals surface area contributed by atoms with Gasteiger partial charge in [0.05, 0.1) is 6.57 Å². The maximum absolute atomic E-state index is 7.91. The average molecular weight is 545 g/mol. The van der Waals surface area contributed by atoms with Crippen LogP contribution in [0, 0.1) is 24.3 Å². The van der Waals surface area contributed by atoms with Gasteiger partial charge >= 0.3 is 0 Å². The van der Waals surface area contributed by atoms with Gasteiger partial charge < -0.3 is 0 Å². The number of rotatable bonds is 5. The monoisotopic (exact) mass is 544 g/mol.